The van der Waals surface area contributed by atoms with Crippen molar-refractivity contribution in [2.24, 2.45) is 0 Å². The molecule has 0 amide bonds. The second kappa shape index (κ2) is 7.25. The summed E-state index contributed by atoms with van der Waals surface area (Å²) in [5.74, 6) is 0. The maximum Gasteiger partial charge on any atom is 0.0710 e. The molecule has 1 saturated heterocycles. The van der Waals surface area contributed by atoms with Crippen LogP contribution >= 0.6 is 0 Å². The van der Waals surface area contributed by atoms with Crippen molar-refractivity contribution in [2.45, 2.75) is 58.2 Å². The highest BCUT2D eigenvalue weighted by Gasteiger charge is 2.25. The monoisotopic (exact) mass is 228 g/mol. The predicted molar refractivity (Wildman–Crippen MR) is 68.8 cm³/mol. The Bertz CT molecular complexity index is 183. The third kappa shape index (κ3) is 4.04. The van der Waals surface area contributed by atoms with Gasteiger partial charge < -0.3 is 10.1 Å². The Morgan fingerprint density at radius 2 is 2.06 bits per heavy atom. The molecule has 0 radical (unpaired) electrons. The number of nitrogens with one attached hydrogen (secondary N) is 1. The summed E-state index contributed by atoms with van der Waals surface area (Å²) in [7, 11) is 1.82. The van der Waals surface area contributed by atoms with Crippen molar-refractivity contribution in [3.63, 3.8) is 0 Å². The Balaban J connectivity index is 2.22. The quantitative estimate of drug-likeness (QED) is 0.720. The fraction of sp³-hybridized carbons (Fsp3) is 1.00. The van der Waals surface area contributed by atoms with Crippen LogP contribution in [0.2, 0.25) is 0 Å². The summed E-state index contributed by atoms with van der Waals surface area (Å²) in [6.45, 7) is 10.2. The summed E-state index contributed by atoms with van der Waals surface area (Å²) < 4.78 is 5.40. The van der Waals surface area contributed by atoms with E-state index in [0.717, 1.165) is 13.1 Å². The second-order valence-corrected chi connectivity index (χ2v) is 4.91. The molecule has 1 aliphatic rings. The standard InChI is InChI=1S/C13H28N2O/c1-5-12(6-2)14-9-11(3)15-8-7-13(10-15)16-4/h11-14H,5-10H2,1-4H3. The van der Waals surface area contributed by atoms with E-state index in [9.17, 15) is 0 Å². The Hall–Kier alpha value is -0.120. The van der Waals surface area contributed by atoms with Crippen LogP contribution < -0.4 is 5.32 Å². The van der Waals surface area contributed by atoms with Gasteiger partial charge in [0.15, 0.2) is 0 Å². The van der Waals surface area contributed by atoms with E-state index in [4.69, 9.17) is 4.74 Å². The van der Waals surface area contributed by atoms with E-state index in [-0.39, 0.29) is 0 Å². The highest BCUT2D eigenvalue weighted by atomic mass is 16.5. The van der Waals surface area contributed by atoms with Crippen molar-refractivity contribution in [1.82, 2.24) is 10.2 Å². The van der Waals surface area contributed by atoms with Crippen molar-refractivity contribution in [3.05, 3.63) is 0 Å². The van der Waals surface area contributed by atoms with Crippen molar-refractivity contribution in [2.75, 3.05) is 26.7 Å². The smallest absolute Gasteiger partial charge is 0.0710 e. The van der Waals surface area contributed by atoms with Gasteiger partial charge in [0.25, 0.3) is 0 Å². The van der Waals surface area contributed by atoms with Crippen LogP contribution in [0.1, 0.15) is 40.0 Å². The van der Waals surface area contributed by atoms with Gasteiger partial charge >= 0.3 is 0 Å². The van der Waals surface area contributed by atoms with Crippen LogP contribution in [0.15, 0.2) is 0 Å². The molecule has 2 atom stereocenters. The van der Waals surface area contributed by atoms with E-state index in [1.54, 1.807) is 0 Å². The summed E-state index contributed by atoms with van der Waals surface area (Å²) in [4.78, 5) is 2.53. The predicted octanol–water partition coefficient (Wildman–Crippen LogP) is 1.87. The molecule has 0 aromatic carbocycles. The molecule has 0 spiro atoms. The molecule has 0 saturated carbocycles. The van der Waals surface area contributed by atoms with Crippen LogP contribution in [0.5, 0.6) is 0 Å². The van der Waals surface area contributed by atoms with Crippen LogP contribution in [-0.4, -0.2) is 49.8 Å². The minimum Gasteiger partial charge on any atom is -0.380 e. The Morgan fingerprint density at radius 1 is 1.38 bits per heavy atom. The van der Waals surface area contributed by atoms with Gasteiger partial charge in [-0.1, -0.05) is 13.8 Å². The second-order valence-electron chi connectivity index (χ2n) is 4.91. The van der Waals surface area contributed by atoms with E-state index >= 15 is 0 Å². The van der Waals surface area contributed by atoms with Crippen LogP contribution in [0, 0.1) is 0 Å². The third-order valence-corrected chi connectivity index (χ3v) is 3.82. The molecule has 0 aliphatic carbocycles. The molecule has 1 fully saturated rings. The first-order valence-electron chi connectivity index (χ1n) is 6.71. The average molecular weight is 228 g/mol. The lowest BCUT2D eigenvalue weighted by atomic mass is 10.1. The van der Waals surface area contributed by atoms with Gasteiger partial charge in [-0.15, -0.1) is 0 Å². The number of ether oxygens (including phenoxy) is 1. The summed E-state index contributed by atoms with van der Waals surface area (Å²) in [5.41, 5.74) is 0. The van der Waals surface area contributed by atoms with Gasteiger partial charge in [0.2, 0.25) is 0 Å². The van der Waals surface area contributed by atoms with Gasteiger partial charge in [-0.2, -0.15) is 0 Å². The van der Waals surface area contributed by atoms with Gasteiger partial charge in [-0.25, -0.2) is 0 Å². The zero-order chi connectivity index (χ0) is 12.0. The molecule has 3 nitrogen and oxygen atoms in total. The molecule has 0 aromatic rings. The number of likely N-dealkylation sites (tertiary alicyclic amines) is 1. The lowest BCUT2D eigenvalue weighted by Crippen LogP contribution is -2.42. The van der Waals surface area contributed by atoms with Gasteiger partial charge in [0, 0.05) is 38.8 Å². The van der Waals surface area contributed by atoms with Gasteiger partial charge in [-0.3, -0.25) is 4.90 Å². The average Bonchev–Trinajstić information content (AvgIpc) is 2.78. The lowest BCUT2D eigenvalue weighted by molar-refractivity contribution is 0.102. The Morgan fingerprint density at radius 3 is 2.56 bits per heavy atom. The van der Waals surface area contributed by atoms with E-state index in [1.165, 1.54) is 25.8 Å². The minimum absolute atomic E-state index is 0.454. The number of nitrogens with zero attached hydrogens (tertiary/aromatic N) is 1. The van der Waals surface area contributed by atoms with Crippen molar-refractivity contribution in [1.29, 1.82) is 0 Å². The molecular formula is C13H28N2O. The number of hydrogen-bond acceptors (Lipinski definition) is 3. The molecule has 1 heterocycles. The summed E-state index contributed by atoms with van der Waals surface area (Å²) >= 11 is 0. The SMILES string of the molecule is CCC(CC)NCC(C)N1CCC(OC)C1. The van der Waals surface area contributed by atoms with Gasteiger partial charge in [0.05, 0.1) is 6.10 Å². The highest BCUT2D eigenvalue weighted by Crippen LogP contribution is 2.14. The number of rotatable bonds is 7. The van der Waals surface area contributed by atoms with E-state index < -0.39 is 0 Å². The third-order valence-electron chi connectivity index (χ3n) is 3.82. The molecule has 0 bridgehead atoms. The van der Waals surface area contributed by atoms with Crippen molar-refractivity contribution in [3.8, 4) is 0 Å². The molecule has 2 unspecified atom stereocenters. The van der Waals surface area contributed by atoms with E-state index in [2.05, 4.69) is 31.0 Å². The molecule has 96 valence electrons. The van der Waals surface area contributed by atoms with Crippen molar-refractivity contribution >= 4 is 0 Å². The fourth-order valence-corrected chi connectivity index (χ4v) is 2.39. The Kier molecular flexibility index (Phi) is 6.32. The van der Waals surface area contributed by atoms with Crippen LogP contribution in [0.25, 0.3) is 0 Å². The first-order valence-corrected chi connectivity index (χ1v) is 6.71. The molecule has 1 aliphatic heterocycles. The lowest BCUT2D eigenvalue weighted by Gasteiger charge is -2.26. The summed E-state index contributed by atoms with van der Waals surface area (Å²) in [6, 6.07) is 1.31. The topological polar surface area (TPSA) is 24.5 Å². The maximum atomic E-state index is 5.40. The summed E-state index contributed by atoms with van der Waals surface area (Å²) in [5, 5.41) is 3.65. The van der Waals surface area contributed by atoms with E-state index in [1.807, 2.05) is 7.11 Å². The number of methoxy groups -OCH3 is 1. The van der Waals surface area contributed by atoms with Gasteiger partial charge in [-0.05, 0) is 26.2 Å². The normalized spacial score (nSPS) is 24.2. The first-order chi connectivity index (χ1) is 7.71. The molecule has 16 heavy (non-hydrogen) atoms. The molecule has 1 N–H and O–H groups in total. The van der Waals surface area contributed by atoms with Crippen LogP contribution in [-0.2, 0) is 4.74 Å². The summed E-state index contributed by atoms with van der Waals surface area (Å²) in [6.07, 6.45) is 4.09. The minimum atomic E-state index is 0.454. The maximum absolute atomic E-state index is 5.40. The largest absolute Gasteiger partial charge is 0.380 e. The molecule has 3 heteroatoms. The Labute approximate surface area is 101 Å². The molecule has 0 aromatic heterocycles. The zero-order valence-electron chi connectivity index (χ0n) is 11.3. The van der Waals surface area contributed by atoms with Crippen LogP contribution in [0.4, 0.5) is 0 Å². The van der Waals surface area contributed by atoms with Crippen LogP contribution in [0.3, 0.4) is 0 Å². The fourth-order valence-electron chi connectivity index (χ4n) is 2.39. The highest BCUT2D eigenvalue weighted by molar-refractivity contribution is 4.81. The first kappa shape index (κ1) is 13.9. The number of hydrogen-bond donors (Lipinski definition) is 1. The molecular weight excluding hydrogens is 200 g/mol. The van der Waals surface area contributed by atoms with E-state index in [0.29, 0.717) is 18.2 Å². The molecule has 1 rings (SSSR count). The zero-order valence-corrected chi connectivity index (χ0v) is 11.3. The van der Waals surface area contributed by atoms with Gasteiger partial charge in [0.1, 0.15) is 0 Å². The van der Waals surface area contributed by atoms with Crippen molar-refractivity contribution < 1.29 is 4.74 Å².